The highest BCUT2D eigenvalue weighted by Crippen LogP contribution is 2.30. The van der Waals surface area contributed by atoms with Gasteiger partial charge in [0.15, 0.2) is 0 Å². The number of carboxylic acids is 1. The zero-order chi connectivity index (χ0) is 25.8. The number of carbonyl (C=O) groups is 2. The molecular weight excluding hydrogens is 472 g/mol. The average molecular weight is 501 g/mol. The molecular formula is C29H28N2O4S. The molecule has 3 aromatic carbocycles. The number of carboxylic acid groups (broad SMARTS) is 1. The molecule has 0 aliphatic carbocycles. The molecule has 0 fully saturated rings. The number of carbonyl (C=O) groups excluding carboxylic acids is 1. The monoisotopic (exact) mass is 500 g/mol. The van der Waals surface area contributed by atoms with Crippen LogP contribution < -0.4 is 10.1 Å². The normalized spacial score (nSPS) is 10.8. The van der Waals surface area contributed by atoms with Crippen molar-refractivity contribution in [3.05, 3.63) is 93.5 Å². The maximum Gasteiger partial charge on any atom is 0.335 e. The standard InChI is InChI=1S/C29H28N2O4S/c1-5-35-25-13-12-21(22-11-8-18(3)24(15-22)29(33)34)14-23(25)16-30-27(32)26-19(4)31-28(36-26)20-9-6-17(2)7-10-20/h6-15H,5,16H2,1-4H3,(H,30,32)(H,33,34). The maximum absolute atomic E-state index is 13.1. The van der Waals surface area contributed by atoms with Crippen LogP contribution in [0.25, 0.3) is 21.7 Å². The molecule has 36 heavy (non-hydrogen) atoms. The largest absolute Gasteiger partial charge is 0.494 e. The zero-order valence-electron chi connectivity index (χ0n) is 20.7. The molecule has 2 N–H and O–H groups in total. The van der Waals surface area contributed by atoms with Crippen LogP contribution >= 0.6 is 11.3 Å². The summed E-state index contributed by atoms with van der Waals surface area (Å²) in [6.45, 7) is 8.30. The lowest BCUT2D eigenvalue weighted by Gasteiger charge is -2.14. The number of nitrogens with one attached hydrogen (secondary N) is 1. The molecule has 0 atom stereocenters. The second kappa shape index (κ2) is 10.7. The SMILES string of the molecule is CCOc1ccc(-c2ccc(C)c(C(=O)O)c2)cc1CNC(=O)c1sc(-c2ccc(C)cc2)nc1C. The molecule has 0 unspecified atom stereocenters. The van der Waals surface area contributed by atoms with E-state index < -0.39 is 5.97 Å². The molecule has 0 bridgehead atoms. The van der Waals surface area contributed by atoms with Gasteiger partial charge in [-0.25, -0.2) is 9.78 Å². The molecule has 6 nitrogen and oxygen atoms in total. The van der Waals surface area contributed by atoms with Gasteiger partial charge in [0, 0.05) is 17.7 Å². The lowest BCUT2D eigenvalue weighted by atomic mass is 9.98. The quantitative estimate of drug-likeness (QED) is 0.291. The first-order valence-corrected chi connectivity index (χ1v) is 12.5. The second-order valence-electron chi connectivity index (χ2n) is 8.57. The molecule has 1 heterocycles. The van der Waals surface area contributed by atoms with E-state index in [4.69, 9.17) is 4.74 Å². The highest BCUT2D eigenvalue weighted by atomic mass is 32.1. The lowest BCUT2D eigenvalue weighted by Crippen LogP contribution is -2.23. The van der Waals surface area contributed by atoms with Gasteiger partial charge in [-0.05, 0) is 62.6 Å². The third-order valence-electron chi connectivity index (χ3n) is 5.90. The highest BCUT2D eigenvalue weighted by molar-refractivity contribution is 7.17. The Morgan fingerprint density at radius 3 is 2.31 bits per heavy atom. The van der Waals surface area contributed by atoms with E-state index in [1.807, 2.05) is 69.3 Å². The van der Waals surface area contributed by atoms with Gasteiger partial charge in [-0.1, -0.05) is 48.0 Å². The summed E-state index contributed by atoms with van der Waals surface area (Å²) in [6, 6.07) is 19.1. The summed E-state index contributed by atoms with van der Waals surface area (Å²) < 4.78 is 5.79. The molecule has 4 aromatic rings. The van der Waals surface area contributed by atoms with E-state index in [2.05, 4.69) is 10.3 Å². The van der Waals surface area contributed by atoms with Gasteiger partial charge in [0.25, 0.3) is 5.91 Å². The number of aromatic carboxylic acids is 1. The number of rotatable bonds is 8. The fourth-order valence-electron chi connectivity index (χ4n) is 3.91. The lowest BCUT2D eigenvalue weighted by molar-refractivity contribution is 0.0696. The molecule has 0 spiro atoms. The molecule has 4 rings (SSSR count). The van der Waals surface area contributed by atoms with E-state index in [-0.39, 0.29) is 18.0 Å². The number of thiazole rings is 1. The number of amides is 1. The minimum Gasteiger partial charge on any atom is -0.494 e. The molecule has 1 aromatic heterocycles. The molecule has 0 radical (unpaired) electrons. The van der Waals surface area contributed by atoms with Gasteiger partial charge in [0.2, 0.25) is 0 Å². The van der Waals surface area contributed by atoms with E-state index in [1.165, 1.54) is 16.9 Å². The summed E-state index contributed by atoms with van der Waals surface area (Å²) in [7, 11) is 0. The molecule has 0 saturated carbocycles. The number of hydrogen-bond acceptors (Lipinski definition) is 5. The number of ether oxygens (including phenoxy) is 1. The number of nitrogens with zero attached hydrogens (tertiary/aromatic N) is 1. The molecule has 0 aliphatic rings. The first kappa shape index (κ1) is 25.1. The number of aromatic nitrogens is 1. The van der Waals surface area contributed by atoms with Crippen LogP contribution in [0.4, 0.5) is 0 Å². The summed E-state index contributed by atoms with van der Waals surface area (Å²) in [5, 5.41) is 13.3. The van der Waals surface area contributed by atoms with Crippen LogP contribution in [0, 0.1) is 20.8 Å². The third kappa shape index (κ3) is 5.47. The van der Waals surface area contributed by atoms with Gasteiger partial charge in [-0.15, -0.1) is 11.3 Å². The van der Waals surface area contributed by atoms with Gasteiger partial charge in [-0.2, -0.15) is 0 Å². The van der Waals surface area contributed by atoms with Crippen LogP contribution in [0.15, 0.2) is 60.7 Å². The van der Waals surface area contributed by atoms with Gasteiger partial charge in [0.1, 0.15) is 15.6 Å². The van der Waals surface area contributed by atoms with E-state index >= 15 is 0 Å². The van der Waals surface area contributed by atoms with Crippen molar-refractivity contribution in [1.82, 2.24) is 10.3 Å². The predicted octanol–water partition coefficient (Wildman–Crippen LogP) is 6.43. The predicted molar refractivity (Wildman–Crippen MR) is 143 cm³/mol. The summed E-state index contributed by atoms with van der Waals surface area (Å²) in [6.07, 6.45) is 0. The highest BCUT2D eigenvalue weighted by Gasteiger charge is 2.17. The van der Waals surface area contributed by atoms with Crippen LogP contribution in [-0.2, 0) is 6.54 Å². The number of aryl methyl sites for hydroxylation is 3. The second-order valence-corrected chi connectivity index (χ2v) is 9.57. The first-order chi connectivity index (χ1) is 17.3. The third-order valence-corrected chi connectivity index (χ3v) is 7.11. The fourth-order valence-corrected chi connectivity index (χ4v) is 4.90. The van der Waals surface area contributed by atoms with Gasteiger partial charge < -0.3 is 15.2 Å². The van der Waals surface area contributed by atoms with Gasteiger partial charge >= 0.3 is 5.97 Å². The van der Waals surface area contributed by atoms with Crippen molar-refractivity contribution in [2.24, 2.45) is 0 Å². The average Bonchev–Trinajstić information content (AvgIpc) is 3.25. The Labute approximate surface area is 214 Å². The Bertz CT molecular complexity index is 1420. The first-order valence-electron chi connectivity index (χ1n) is 11.7. The zero-order valence-corrected chi connectivity index (χ0v) is 21.5. The number of hydrogen-bond donors (Lipinski definition) is 2. The van der Waals surface area contributed by atoms with Crippen LogP contribution in [0.1, 0.15) is 49.3 Å². The van der Waals surface area contributed by atoms with E-state index in [1.54, 1.807) is 19.1 Å². The van der Waals surface area contributed by atoms with Crippen molar-refractivity contribution in [2.45, 2.75) is 34.2 Å². The minimum absolute atomic E-state index is 0.195. The Hall–Kier alpha value is -3.97. The molecule has 0 aliphatic heterocycles. The number of benzene rings is 3. The van der Waals surface area contributed by atoms with Crippen molar-refractivity contribution < 1.29 is 19.4 Å². The Morgan fingerprint density at radius 1 is 0.944 bits per heavy atom. The topological polar surface area (TPSA) is 88.5 Å². The summed E-state index contributed by atoms with van der Waals surface area (Å²) in [5.74, 6) is -0.481. The van der Waals surface area contributed by atoms with E-state index in [0.29, 0.717) is 28.5 Å². The van der Waals surface area contributed by atoms with Crippen molar-refractivity contribution in [3.8, 4) is 27.4 Å². The molecule has 0 saturated heterocycles. The maximum atomic E-state index is 13.1. The van der Waals surface area contributed by atoms with Crippen molar-refractivity contribution in [2.75, 3.05) is 6.61 Å². The summed E-state index contributed by atoms with van der Waals surface area (Å²) in [4.78, 5) is 29.8. The van der Waals surface area contributed by atoms with Gasteiger partial charge in [-0.3, -0.25) is 4.79 Å². The van der Waals surface area contributed by atoms with Gasteiger partial charge in [0.05, 0.1) is 17.9 Å². The fraction of sp³-hybridized carbons (Fsp3) is 0.207. The van der Waals surface area contributed by atoms with Crippen LogP contribution in [0.3, 0.4) is 0 Å². The molecule has 184 valence electrons. The minimum atomic E-state index is -0.960. The Balaban J connectivity index is 1.57. The van der Waals surface area contributed by atoms with Crippen LogP contribution in [0.2, 0.25) is 0 Å². The smallest absolute Gasteiger partial charge is 0.335 e. The summed E-state index contributed by atoms with van der Waals surface area (Å²) >= 11 is 1.37. The van der Waals surface area contributed by atoms with Crippen LogP contribution in [0.5, 0.6) is 5.75 Å². The van der Waals surface area contributed by atoms with Crippen molar-refractivity contribution in [3.63, 3.8) is 0 Å². The Kier molecular flexibility index (Phi) is 7.50. The van der Waals surface area contributed by atoms with E-state index in [9.17, 15) is 14.7 Å². The van der Waals surface area contributed by atoms with E-state index in [0.717, 1.165) is 27.3 Å². The molecule has 1 amide bonds. The van der Waals surface area contributed by atoms with Crippen molar-refractivity contribution >= 4 is 23.2 Å². The van der Waals surface area contributed by atoms with Crippen LogP contribution in [-0.4, -0.2) is 28.6 Å². The molecule has 7 heteroatoms. The Morgan fingerprint density at radius 2 is 1.61 bits per heavy atom. The van der Waals surface area contributed by atoms with Crippen molar-refractivity contribution in [1.29, 1.82) is 0 Å². The summed E-state index contributed by atoms with van der Waals surface area (Å²) in [5.41, 5.74) is 6.25.